The lowest BCUT2D eigenvalue weighted by Gasteiger charge is -2.37. The maximum Gasteiger partial charge on any atom is 0.362 e. The van der Waals surface area contributed by atoms with Gasteiger partial charge < -0.3 is 9.72 Å². The molecule has 2 aromatic rings. The normalized spacial score (nSPS) is 21.5. The number of amides is 1. The van der Waals surface area contributed by atoms with E-state index >= 15 is 0 Å². The summed E-state index contributed by atoms with van der Waals surface area (Å²) in [5.41, 5.74) is 2.29. The van der Waals surface area contributed by atoms with Crippen LogP contribution in [-0.4, -0.2) is 59.6 Å². The van der Waals surface area contributed by atoms with E-state index < -0.39 is 0 Å². The van der Waals surface area contributed by atoms with Gasteiger partial charge in [-0.1, -0.05) is 18.2 Å². The zero-order valence-electron chi connectivity index (χ0n) is 13.2. The van der Waals surface area contributed by atoms with Crippen LogP contribution in [0.15, 0.2) is 30.5 Å². The molecule has 1 N–H and O–H groups in total. The molecule has 0 radical (unpaired) electrons. The smallest absolute Gasteiger partial charge is 0.362 e. The van der Waals surface area contributed by atoms with Gasteiger partial charge in [-0.2, -0.15) is 0 Å². The van der Waals surface area contributed by atoms with Gasteiger partial charge in [-0.05, 0) is 11.6 Å². The van der Waals surface area contributed by atoms with Gasteiger partial charge in [-0.25, -0.2) is 14.1 Å². The monoisotopic (exact) mass is 333 g/mol. The Kier molecular flexibility index (Phi) is 4.73. The third kappa shape index (κ3) is 3.28. The maximum absolute atomic E-state index is 12.5. The van der Waals surface area contributed by atoms with Gasteiger partial charge in [-0.15, -0.1) is 11.8 Å². The van der Waals surface area contributed by atoms with E-state index in [9.17, 15) is 9.59 Å². The first-order chi connectivity index (χ1) is 11.1. The fraction of sp³-hybridized carbons (Fsp3) is 0.412. The van der Waals surface area contributed by atoms with Crippen LogP contribution >= 0.6 is 11.8 Å². The summed E-state index contributed by atoms with van der Waals surface area (Å²) in [4.78, 5) is 27.6. The highest BCUT2D eigenvalue weighted by atomic mass is 32.2. The first kappa shape index (κ1) is 16.1. The average molecular weight is 333 g/mol. The number of nitrogens with one attached hydrogen (secondary N) is 1. The molecule has 0 saturated carbocycles. The summed E-state index contributed by atoms with van der Waals surface area (Å²) in [6.45, 7) is 1.47. The molecule has 122 valence electrons. The number of nitrogens with zero attached hydrogens (tertiary/aromatic N) is 1. The third-order valence-electron chi connectivity index (χ3n) is 4.56. The highest BCUT2D eigenvalue weighted by Gasteiger charge is 2.41. The Labute approximate surface area is 139 Å². The van der Waals surface area contributed by atoms with E-state index in [1.54, 1.807) is 11.8 Å². The second kappa shape index (κ2) is 6.76. The van der Waals surface area contributed by atoms with E-state index in [4.69, 9.17) is 4.74 Å². The second-order valence-electron chi connectivity index (χ2n) is 5.88. The Morgan fingerprint density at radius 2 is 2.22 bits per heavy atom. The Hall–Kier alpha value is -1.79. The fourth-order valence-corrected chi connectivity index (χ4v) is 4.20. The molecule has 23 heavy (non-hydrogen) atoms. The lowest BCUT2D eigenvalue weighted by molar-refractivity contribution is -0.844. The highest BCUT2D eigenvalue weighted by molar-refractivity contribution is 8.00. The number of rotatable bonds is 5. The van der Waals surface area contributed by atoms with Crippen LogP contribution in [0, 0.1) is 0 Å². The van der Waals surface area contributed by atoms with Crippen molar-refractivity contribution in [2.75, 3.05) is 38.2 Å². The van der Waals surface area contributed by atoms with E-state index in [2.05, 4.69) is 11.1 Å². The van der Waals surface area contributed by atoms with E-state index in [1.165, 1.54) is 18.1 Å². The Morgan fingerprint density at radius 3 is 3.00 bits per heavy atom. The van der Waals surface area contributed by atoms with Crippen LogP contribution in [0.4, 0.5) is 0 Å². The lowest BCUT2D eigenvalue weighted by atomic mass is 10.1. The Balaban J connectivity index is 1.81. The molecule has 1 aromatic heterocycles. The molecule has 2 heterocycles. The molecule has 1 aliphatic heterocycles. The van der Waals surface area contributed by atoms with Gasteiger partial charge in [0, 0.05) is 29.3 Å². The van der Waals surface area contributed by atoms with E-state index in [0.717, 1.165) is 17.7 Å². The van der Waals surface area contributed by atoms with Crippen molar-refractivity contribution in [3.05, 3.63) is 36.0 Å². The molecular weight excluding hydrogens is 312 g/mol. The molecule has 0 aliphatic carbocycles. The zero-order valence-corrected chi connectivity index (χ0v) is 14.0. The lowest BCUT2D eigenvalue weighted by Crippen LogP contribution is -2.60. The number of ether oxygens (including phenoxy) is 1. The second-order valence-corrected chi connectivity index (χ2v) is 6.99. The number of para-hydroxylation sites is 1. The molecule has 1 amide bonds. The summed E-state index contributed by atoms with van der Waals surface area (Å²) in [7, 11) is 1.38. The van der Waals surface area contributed by atoms with Gasteiger partial charge in [0.25, 0.3) is 0 Å². The van der Waals surface area contributed by atoms with Gasteiger partial charge in [0.2, 0.25) is 0 Å². The quantitative estimate of drug-likeness (QED) is 0.671. The van der Waals surface area contributed by atoms with Crippen LogP contribution in [0.3, 0.4) is 0 Å². The number of fused-ring (bicyclic) bond motifs is 1. The largest absolute Gasteiger partial charge is 0.465 e. The van der Waals surface area contributed by atoms with Gasteiger partial charge >= 0.3 is 11.9 Å². The van der Waals surface area contributed by atoms with Crippen LogP contribution in [0.25, 0.3) is 10.9 Å². The molecule has 1 atom stereocenters. The summed E-state index contributed by atoms with van der Waals surface area (Å²) < 4.78 is 5.02. The minimum absolute atomic E-state index is 0.131. The van der Waals surface area contributed by atoms with Crippen molar-refractivity contribution in [1.29, 1.82) is 0 Å². The molecule has 6 heteroatoms. The molecule has 5 nitrogen and oxygen atoms in total. The zero-order chi connectivity index (χ0) is 16.3. The molecule has 1 aliphatic rings. The van der Waals surface area contributed by atoms with Gasteiger partial charge in [0.1, 0.15) is 5.75 Å². The number of esters is 1. The SMILES string of the molecule is COC(=O)C[N+]1(CCc2c[nH]c3ccccc23)CCSCC1=O. The third-order valence-corrected chi connectivity index (χ3v) is 5.48. The molecule has 1 fully saturated rings. The average Bonchev–Trinajstić information content (AvgIpc) is 2.99. The fourth-order valence-electron chi connectivity index (χ4n) is 3.13. The molecule has 0 bridgehead atoms. The van der Waals surface area contributed by atoms with Crippen LogP contribution in [-0.2, 0) is 20.7 Å². The topological polar surface area (TPSA) is 59.2 Å². The highest BCUT2D eigenvalue weighted by Crippen LogP contribution is 2.23. The number of aromatic amines is 1. The van der Waals surface area contributed by atoms with Gasteiger partial charge in [0.05, 0.1) is 20.2 Å². The number of benzene rings is 1. The molecule has 1 aromatic carbocycles. The number of methoxy groups -OCH3 is 1. The summed E-state index contributed by atoms with van der Waals surface area (Å²) in [6, 6.07) is 8.14. The number of H-pyrrole nitrogens is 1. The number of hydrogen-bond donors (Lipinski definition) is 1. The number of aromatic nitrogens is 1. The molecule has 1 unspecified atom stereocenters. The van der Waals surface area contributed by atoms with Crippen molar-refractivity contribution in [2.24, 2.45) is 0 Å². The molecule has 0 spiro atoms. The number of carbonyl (C=O) groups excluding carboxylic acids is 2. The minimum Gasteiger partial charge on any atom is -0.465 e. The van der Waals surface area contributed by atoms with Crippen molar-refractivity contribution in [3.8, 4) is 0 Å². The first-order valence-electron chi connectivity index (χ1n) is 7.74. The van der Waals surface area contributed by atoms with Crippen molar-refractivity contribution in [1.82, 2.24) is 4.98 Å². The predicted molar refractivity (Wildman–Crippen MR) is 91.2 cm³/mol. The van der Waals surface area contributed by atoms with Crippen molar-refractivity contribution >= 4 is 34.5 Å². The van der Waals surface area contributed by atoms with Crippen molar-refractivity contribution < 1.29 is 18.8 Å². The molecule has 3 rings (SSSR count). The Morgan fingerprint density at radius 1 is 1.39 bits per heavy atom. The van der Waals surface area contributed by atoms with E-state index in [-0.39, 0.29) is 22.9 Å². The molecule has 1 saturated heterocycles. The number of thioether (sulfide) groups is 1. The minimum atomic E-state index is -0.316. The standard InChI is InChI=1S/C17H21N2O3S/c1-22-17(21)11-19(8-9-23-12-16(19)20)7-6-13-10-18-15-5-3-2-4-14(13)15/h2-5,10,18H,6-9,11-12H2,1H3/q+1. The van der Waals surface area contributed by atoms with Crippen molar-refractivity contribution in [2.45, 2.75) is 6.42 Å². The number of hydrogen-bond acceptors (Lipinski definition) is 4. The maximum atomic E-state index is 12.5. The van der Waals surface area contributed by atoms with Gasteiger partial charge in [-0.3, -0.25) is 0 Å². The first-order valence-corrected chi connectivity index (χ1v) is 8.89. The number of carbonyl (C=O) groups is 2. The summed E-state index contributed by atoms with van der Waals surface area (Å²) >= 11 is 1.64. The van der Waals surface area contributed by atoms with E-state index in [0.29, 0.717) is 18.8 Å². The summed E-state index contributed by atoms with van der Waals surface area (Å²) in [5.74, 6) is 1.19. The Bertz CT molecular complexity index is 727. The summed E-state index contributed by atoms with van der Waals surface area (Å²) in [5, 5.41) is 1.18. The number of quaternary nitrogens is 1. The van der Waals surface area contributed by atoms with Crippen molar-refractivity contribution in [3.63, 3.8) is 0 Å². The van der Waals surface area contributed by atoms with E-state index in [1.807, 2.05) is 24.4 Å². The van der Waals surface area contributed by atoms with Crippen LogP contribution in [0.1, 0.15) is 5.56 Å². The van der Waals surface area contributed by atoms with Crippen LogP contribution in [0.2, 0.25) is 0 Å². The van der Waals surface area contributed by atoms with Crippen LogP contribution in [0.5, 0.6) is 0 Å². The predicted octanol–water partition coefficient (Wildman–Crippen LogP) is 1.97. The molecular formula is C17H21N2O3S+. The summed E-state index contributed by atoms with van der Waals surface area (Å²) in [6.07, 6.45) is 2.76. The van der Waals surface area contributed by atoms with Crippen LogP contribution < -0.4 is 0 Å². The van der Waals surface area contributed by atoms with Gasteiger partial charge in [0.15, 0.2) is 6.54 Å².